The Hall–Kier alpha value is -1.52. The van der Waals surface area contributed by atoms with E-state index in [0.29, 0.717) is 0 Å². The average Bonchev–Trinajstić information content (AvgIpc) is 3.36. The molecule has 0 aliphatic heterocycles. The molecular formula is C64H102CaO6S2. The maximum Gasteiger partial charge on any atom is 2.00 e. The van der Waals surface area contributed by atoms with E-state index in [1.807, 2.05) is 24.3 Å². The zero-order chi connectivity index (χ0) is 52.1. The van der Waals surface area contributed by atoms with Crippen molar-refractivity contribution in [1.29, 1.82) is 0 Å². The summed E-state index contributed by atoms with van der Waals surface area (Å²) in [5.74, 6) is 0. The summed E-state index contributed by atoms with van der Waals surface area (Å²) < 4.78 is 71.0. The van der Waals surface area contributed by atoms with Crippen molar-refractivity contribution in [3.8, 4) is 0 Å². The number of benzene rings is 4. The van der Waals surface area contributed by atoms with Crippen molar-refractivity contribution in [2.75, 3.05) is 0 Å². The third kappa shape index (κ3) is 29.2. The summed E-state index contributed by atoms with van der Waals surface area (Å²) in [6.07, 6.45) is 49.9. The molecule has 9 heteroatoms. The molecule has 4 aromatic rings. The summed E-state index contributed by atoms with van der Waals surface area (Å²) in [7, 11) is -8.93. The summed E-state index contributed by atoms with van der Waals surface area (Å²) in [4.78, 5) is -0.165. The van der Waals surface area contributed by atoms with Gasteiger partial charge in [-0.05, 0) is 119 Å². The molecule has 0 saturated carbocycles. The van der Waals surface area contributed by atoms with Crippen molar-refractivity contribution in [3.05, 3.63) is 82.9 Å². The van der Waals surface area contributed by atoms with Gasteiger partial charge in [-0.2, -0.15) is 0 Å². The van der Waals surface area contributed by atoms with Gasteiger partial charge < -0.3 is 9.11 Å². The Labute approximate surface area is 478 Å². The van der Waals surface area contributed by atoms with Crippen LogP contribution in [0.3, 0.4) is 0 Å². The van der Waals surface area contributed by atoms with Crippen molar-refractivity contribution >= 4 is 79.5 Å². The normalized spacial score (nSPS) is 11.8. The maximum atomic E-state index is 11.8. The summed E-state index contributed by atoms with van der Waals surface area (Å²) in [6, 6.07) is 18.8. The van der Waals surface area contributed by atoms with Crippen molar-refractivity contribution in [2.45, 2.75) is 294 Å². The molecule has 0 atom stereocenters. The van der Waals surface area contributed by atoms with E-state index in [9.17, 15) is 25.9 Å². The van der Waals surface area contributed by atoms with Gasteiger partial charge in [-0.3, -0.25) is 0 Å². The van der Waals surface area contributed by atoms with E-state index in [2.05, 4.69) is 39.8 Å². The predicted octanol–water partition coefficient (Wildman–Crippen LogP) is 19.4. The number of hydrogen-bond acceptors (Lipinski definition) is 6. The first kappa shape index (κ1) is 67.6. The molecule has 0 aromatic heterocycles. The molecule has 0 aliphatic rings. The van der Waals surface area contributed by atoms with Gasteiger partial charge in [-0.1, -0.05) is 270 Å². The fourth-order valence-electron chi connectivity index (χ4n) is 10.7. The van der Waals surface area contributed by atoms with Crippen LogP contribution in [-0.4, -0.2) is 63.7 Å². The molecule has 0 spiro atoms. The molecule has 0 radical (unpaired) electrons. The van der Waals surface area contributed by atoms with E-state index in [-0.39, 0.29) is 47.5 Å². The topological polar surface area (TPSA) is 114 Å². The molecule has 0 N–H and O–H groups in total. The van der Waals surface area contributed by atoms with Gasteiger partial charge >= 0.3 is 37.7 Å². The third-order valence-electron chi connectivity index (χ3n) is 15.0. The Morgan fingerprint density at radius 3 is 0.753 bits per heavy atom. The minimum atomic E-state index is -4.47. The Kier molecular flexibility index (Phi) is 38.5. The number of rotatable bonds is 42. The summed E-state index contributed by atoms with van der Waals surface area (Å²) in [6.45, 7) is 9.02. The van der Waals surface area contributed by atoms with E-state index in [4.69, 9.17) is 0 Å². The van der Waals surface area contributed by atoms with Crippen molar-refractivity contribution in [3.63, 3.8) is 0 Å². The fourth-order valence-corrected chi connectivity index (χ4v) is 11.9. The first-order valence-electron chi connectivity index (χ1n) is 29.9. The van der Waals surface area contributed by atoms with E-state index in [1.165, 1.54) is 215 Å². The van der Waals surface area contributed by atoms with Crippen LogP contribution in [0.4, 0.5) is 0 Å². The van der Waals surface area contributed by atoms with E-state index < -0.39 is 20.2 Å². The molecule has 0 amide bonds. The van der Waals surface area contributed by atoms with Crippen LogP contribution in [0, 0.1) is 0 Å². The molecule has 0 aliphatic carbocycles. The number of unbranched alkanes of at least 4 members (excludes halogenated alkanes) is 32. The fraction of sp³-hybridized carbons (Fsp3) is 0.688. The van der Waals surface area contributed by atoms with Gasteiger partial charge in [0.15, 0.2) is 0 Å². The second kappa shape index (κ2) is 41.6. The smallest absolute Gasteiger partial charge is 0.744 e. The van der Waals surface area contributed by atoms with Gasteiger partial charge in [0.2, 0.25) is 0 Å². The SMILES string of the molecule is CCCCCCCCCCCc1cccc2cc(S(=O)(=O)[O-])cc(CCCCCCCCCCC)c12.CCCCCCCCCCCc1cccc2cc(S(=O)(=O)[O-])cc(CCCCCCCCCCC)c12.[Ca+2]. The van der Waals surface area contributed by atoms with Crippen molar-refractivity contribution < 1.29 is 25.9 Å². The second-order valence-electron chi connectivity index (χ2n) is 21.4. The van der Waals surface area contributed by atoms with Crippen LogP contribution in [0.15, 0.2) is 70.5 Å². The largest absolute Gasteiger partial charge is 2.00 e. The van der Waals surface area contributed by atoms with Crippen LogP contribution >= 0.6 is 0 Å². The molecule has 0 fully saturated rings. The molecule has 73 heavy (non-hydrogen) atoms. The second-order valence-corrected chi connectivity index (χ2v) is 24.2. The van der Waals surface area contributed by atoms with Gasteiger partial charge in [0.1, 0.15) is 20.2 Å². The first-order chi connectivity index (χ1) is 34.9. The first-order valence-corrected chi connectivity index (χ1v) is 32.8. The van der Waals surface area contributed by atoms with Gasteiger partial charge in [0.05, 0.1) is 9.79 Å². The van der Waals surface area contributed by atoms with Gasteiger partial charge in [0, 0.05) is 0 Å². The van der Waals surface area contributed by atoms with Gasteiger partial charge in [-0.15, -0.1) is 0 Å². The Morgan fingerprint density at radius 2 is 0.521 bits per heavy atom. The average molecular weight is 1070 g/mol. The van der Waals surface area contributed by atoms with Crippen LogP contribution in [0.25, 0.3) is 21.5 Å². The molecule has 4 aromatic carbocycles. The van der Waals surface area contributed by atoms with Crippen LogP contribution in [0.5, 0.6) is 0 Å². The molecule has 0 bridgehead atoms. The van der Waals surface area contributed by atoms with Crippen LogP contribution < -0.4 is 0 Å². The van der Waals surface area contributed by atoms with E-state index in [1.54, 1.807) is 24.3 Å². The number of aryl methyl sites for hydroxylation is 4. The molecule has 0 saturated heterocycles. The molecule has 4 rings (SSSR count). The van der Waals surface area contributed by atoms with E-state index >= 15 is 0 Å². The number of hydrogen-bond donors (Lipinski definition) is 0. The maximum absolute atomic E-state index is 11.8. The van der Waals surface area contributed by atoms with Gasteiger partial charge in [-0.25, -0.2) is 16.8 Å². The van der Waals surface area contributed by atoms with E-state index in [0.717, 1.165) is 86.1 Å². The Bertz CT molecular complexity index is 2100. The molecule has 6 nitrogen and oxygen atoms in total. The van der Waals surface area contributed by atoms with Crippen LogP contribution in [-0.2, 0) is 45.9 Å². The van der Waals surface area contributed by atoms with Crippen molar-refractivity contribution in [1.82, 2.24) is 0 Å². The number of fused-ring (bicyclic) bond motifs is 2. The summed E-state index contributed by atoms with van der Waals surface area (Å²) >= 11 is 0. The van der Waals surface area contributed by atoms with Crippen molar-refractivity contribution in [2.24, 2.45) is 0 Å². The third-order valence-corrected chi connectivity index (χ3v) is 16.6. The molecule has 408 valence electrons. The standard InChI is InChI=1S/2C32H52O3S.Ca/c2*1-3-5-7-9-11-13-15-17-19-22-28-24-21-25-30-27-31(36(33,34)35)26-29(32(28)30)23-20-18-16-14-12-10-8-6-4-2;/h2*21,24-27H,3-20,22-23H2,1-2H3,(H,33,34,35);/q;;+2/p-2. The molecule has 0 unspecified atom stereocenters. The van der Waals surface area contributed by atoms with Crippen LogP contribution in [0.2, 0.25) is 0 Å². The summed E-state index contributed by atoms with van der Waals surface area (Å²) in [5.41, 5.74) is 4.68. The quantitative estimate of drug-likeness (QED) is 0.0248. The zero-order valence-corrected chi connectivity index (χ0v) is 50.9. The monoisotopic (exact) mass is 1070 g/mol. The van der Waals surface area contributed by atoms with Gasteiger partial charge in [0.25, 0.3) is 0 Å². The molecular weight excluding hydrogens is 969 g/mol. The molecule has 0 heterocycles. The predicted molar refractivity (Wildman–Crippen MR) is 313 cm³/mol. The minimum Gasteiger partial charge on any atom is -0.744 e. The summed E-state index contributed by atoms with van der Waals surface area (Å²) in [5, 5.41) is 4.16. The zero-order valence-electron chi connectivity index (χ0n) is 47.0. The Balaban J connectivity index is 0.000000493. The Morgan fingerprint density at radius 1 is 0.301 bits per heavy atom. The minimum absolute atomic E-state index is 0. The van der Waals surface area contributed by atoms with Crippen LogP contribution in [0.1, 0.15) is 281 Å².